The molecular formula is C14H22N4O7S. The Hall–Kier alpha value is -1.92. The van der Waals surface area contributed by atoms with Crippen LogP contribution in [0, 0.1) is 11.3 Å². The normalized spacial score (nSPS) is 27.9. The third kappa shape index (κ3) is 3.48. The van der Waals surface area contributed by atoms with Crippen LogP contribution in [-0.4, -0.2) is 59.4 Å². The van der Waals surface area contributed by atoms with Crippen LogP contribution in [0.3, 0.4) is 0 Å². The van der Waals surface area contributed by atoms with Crippen molar-refractivity contribution in [1.29, 1.82) is 0 Å². The quantitative estimate of drug-likeness (QED) is 0.436. The Bertz CT molecular complexity index is 734. The van der Waals surface area contributed by atoms with Gasteiger partial charge in [0, 0.05) is 12.5 Å². The maximum Gasteiger partial charge on any atom is 0.418 e. The second-order valence-corrected chi connectivity index (χ2v) is 8.60. The van der Waals surface area contributed by atoms with Gasteiger partial charge in [-0.2, -0.15) is 13.5 Å². The number of carbonyl (C=O) groups excluding carboxylic acids is 3. The van der Waals surface area contributed by atoms with Gasteiger partial charge in [-0.05, 0) is 24.7 Å². The first-order valence-corrected chi connectivity index (χ1v) is 9.73. The Labute approximate surface area is 150 Å². The van der Waals surface area contributed by atoms with Crippen molar-refractivity contribution >= 4 is 28.2 Å². The van der Waals surface area contributed by atoms with Crippen LogP contribution in [0.15, 0.2) is 0 Å². The van der Waals surface area contributed by atoms with Gasteiger partial charge in [-0.25, -0.2) is 4.79 Å². The van der Waals surface area contributed by atoms with E-state index in [4.69, 9.17) is 4.55 Å². The molecule has 3 fully saturated rings. The van der Waals surface area contributed by atoms with Crippen LogP contribution < -0.4 is 10.9 Å². The first-order chi connectivity index (χ1) is 12.0. The summed E-state index contributed by atoms with van der Waals surface area (Å²) >= 11 is 0. The molecule has 0 radical (unpaired) electrons. The lowest BCUT2D eigenvalue weighted by molar-refractivity contribution is -0.135. The molecule has 11 nitrogen and oxygen atoms in total. The van der Waals surface area contributed by atoms with Crippen LogP contribution in [0.1, 0.15) is 39.5 Å². The van der Waals surface area contributed by atoms with Gasteiger partial charge in [0.2, 0.25) is 5.91 Å². The molecule has 2 atom stereocenters. The van der Waals surface area contributed by atoms with Gasteiger partial charge >= 0.3 is 16.4 Å². The Kier molecular flexibility index (Phi) is 4.61. The lowest BCUT2D eigenvalue weighted by atomic mass is 9.76. The highest BCUT2D eigenvalue weighted by atomic mass is 32.3. The number of hydroxylamine groups is 2. The number of rotatable bonds is 4. The second-order valence-electron chi connectivity index (χ2n) is 7.59. The molecule has 0 aromatic carbocycles. The summed E-state index contributed by atoms with van der Waals surface area (Å²) in [6, 6.07) is -2.38. The first kappa shape index (κ1) is 18.9. The van der Waals surface area contributed by atoms with Gasteiger partial charge < -0.3 is 4.90 Å². The van der Waals surface area contributed by atoms with Gasteiger partial charge in [-0.15, -0.1) is 4.28 Å². The minimum Gasteiger partial charge on any atom is -0.309 e. The van der Waals surface area contributed by atoms with Gasteiger partial charge in [-0.1, -0.05) is 20.3 Å². The zero-order valence-corrected chi connectivity index (χ0v) is 15.3. The summed E-state index contributed by atoms with van der Waals surface area (Å²) in [6.45, 7) is 3.60. The van der Waals surface area contributed by atoms with E-state index in [0.717, 1.165) is 19.3 Å². The molecule has 0 spiro atoms. The standard InChI is InChI=1S/C14H22N4O7S/c1-14(2)6-9(12(20)16-15-11(19)8-4-3-5-8)17-7-10(14)18(13(17)21)25-26(22,23)24/h8-10H,3-7H2,1-2H3,(H,15,19)(H,16,20)(H,22,23,24)/t9-,10-/m0/s1. The van der Waals surface area contributed by atoms with E-state index in [1.54, 1.807) is 13.8 Å². The molecule has 0 aromatic heterocycles. The number of fused-ring (bicyclic) bond motifs is 2. The molecule has 2 saturated heterocycles. The van der Waals surface area contributed by atoms with Crippen molar-refractivity contribution in [2.75, 3.05) is 6.54 Å². The summed E-state index contributed by atoms with van der Waals surface area (Å²) in [5, 5.41) is 0.593. The van der Waals surface area contributed by atoms with Gasteiger partial charge in [0.1, 0.15) is 6.04 Å². The highest BCUT2D eigenvalue weighted by molar-refractivity contribution is 7.80. The summed E-state index contributed by atoms with van der Waals surface area (Å²) in [7, 11) is -4.87. The molecular weight excluding hydrogens is 368 g/mol. The van der Waals surface area contributed by atoms with E-state index in [9.17, 15) is 22.8 Å². The van der Waals surface area contributed by atoms with Crippen molar-refractivity contribution in [2.45, 2.75) is 51.6 Å². The lowest BCUT2D eigenvalue weighted by Gasteiger charge is -2.40. The minimum absolute atomic E-state index is 0.0655. The van der Waals surface area contributed by atoms with Crippen LogP contribution in [0.2, 0.25) is 0 Å². The number of nitrogens with one attached hydrogen (secondary N) is 2. The van der Waals surface area contributed by atoms with E-state index < -0.39 is 39.8 Å². The topological polar surface area (TPSA) is 145 Å². The summed E-state index contributed by atoms with van der Waals surface area (Å²) in [4.78, 5) is 38.0. The average molecular weight is 390 g/mol. The third-order valence-electron chi connectivity index (χ3n) is 5.35. The Morgan fingerprint density at radius 1 is 1.23 bits per heavy atom. The molecule has 1 saturated carbocycles. The molecule has 2 heterocycles. The zero-order chi connectivity index (χ0) is 19.3. The molecule has 1 aliphatic carbocycles. The van der Waals surface area contributed by atoms with E-state index in [0.29, 0.717) is 5.06 Å². The number of hydrogen-bond acceptors (Lipinski definition) is 6. The molecule has 2 aliphatic heterocycles. The Balaban J connectivity index is 1.70. The summed E-state index contributed by atoms with van der Waals surface area (Å²) < 4.78 is 35.3. The van der Waals surface area contributed by atoms with Crippen LogP contribution in [0.4, 0.5) is 4.79 Å². The van der Waals surface area contributed by atoms with Crippen molar-refractivity contribution in [3.05, 3.63) is 0 Å². The fourth-order valence-electron chi connectivity index (χ4n) is 3.57. The largest absolute Gasteiger partial charge is 0.418 e. The molecule has 3 N–H and O–H groups in total. The fourth-order valence-corrected chi connectivity index (χ4v) is 3.94. The lowest BCUT2D eigenvalue weighted by Crippen LogP contribution is -2.58. The summed E-state index contributed by atoms with van der Waals surface area (Å²) in [6.07, 6.45) is 2.79. The monoisotopic (exact) mass is 390 g/mol. The predicted octanol–water partition coefficient (Wildman–Crippen LogP) is -0.427. The number of amides is 4. The van der Waals surface area contributed by atoms with E-state index in [2.05, 4.69) is 15.1 Å². The van der Waals surface area contributed by atoms with Crippen molar-refractivity contribution in [1.82, 2.24) is 20.8 Å². The number of hydrogen-bond donors (Lipinski definition) is 3. The van der Waals surface area contributed by atoms with Gasteiger partial charge in [-0.3, -0.25) is 25.0 Å². The number of hydrazine groups is 1. The van der Waals surface area contributed by atoms with Crippen molar-refractivity contribution in [3.8, 4) is 0 Å². The molecule has 146 valence electrons. The zero-order valence-electron chi connectivity index (χ0n) is 14.5. The highest BCUT2D eigenvalue weighted by Crippen LogP contribution is 2.42. The minimum atomic E-state index is -4.87. The van der Waals surface area contributed by atoms with Crippen molar-refractivity contribution < 1.29 is 31.6 Å². The fraction of sp³-hybridized carbons (Fsp3) is 0.786. The molecule has 26 heavy (non-hydrogen) atoms. The molecule has 0 unspecified atom stereocenters. The maximum absolute atomic E-state index is 12.5. The van der Waals surface area contributed by atoms with Gasteiger partial charge in [0.15, 0.2) is 0 Å². The van der Waals surface area contributed by atoms with E-state index in [1.807, 2.05) is 0 Å². The highest BCUT2D eigenvalue weighted by Gasteiger charge is 2.56. The van der Waals surface area contributed by atoms with Gasteiger partial charge in [0.05, 0.1) is 6.04 Å². The van der Waals surface area contributed by atoms with E-state index in [-0.39, 0.29) is 24.8 Å². The summed E-state index contributed by atoms with van der Waals surface area (Å²) in [5.74, 6) is -0.928. The van der Waals surface area contributed by atoms with Crippen LogP contribution in [-0.2, 0) is 24.3 Å². The number of urea groups is 1. The second kappa shape index (κ2) is 6.35. The average Bonchev–Trinajstić information content (AvgIpc) is 2.73. The van der Waals surface area contributed by atoms with Crippen molar-refractivity contribution in [2.24, 2.45) is 11.3 Å². The maximum atomic E-state index is 12.5. The molecule has 3 rings (SSSR count). The van der Waals surface area contributed by atoms with Crippen molar-refractivity contribution in [3.63, 3.8) is 0 Å². The Morgan fingerprint density at radius 2 is 1.85 bits per heavy atom. The SMILES string of the molecule is CC1(C)C[C@@H](C(=O)NNC(=O)C2CCC2)N2C[C@@H]1N(OS(=O)(=O)O)C2=O. The smallest absolute Gasteiger partial charge is 0.309 e. The molecule has 0 aromatic rings. The van der Waals surface area contributed by atoms with Crippen LogP contribution in [0.25, 0.3) is 0 Å². The number of piperidine rings is 1. The van der Waals surface area contributed by atoms with Crippen LogP contribution >= 0.6 is 0 Å². The predicted molar refractivity (Wildman–Crippen MR) is 86.2 cm³/mol. The Morgan fingerprint density at radius 3 is 2.38 bits per heavy atom. The van der Waals surface area contributed by atoms with E-state index >= 15 is 0 Å². The molecule has 12 heteroatoms. The van der Waals surface area contributed by atoms with E-state index in [1.165, 1.54) is 4.90 Å². The van der Waals surface area contributed by atoms with Crippen LogP contribution in [0.5, 0.6) is 0 Å². The molecule has 3 aliphatic rings. The number of carbonyl (C=O) groups is 3. The first-order valence-electron chi connectivity index (χ1n) is 8.36. The summed E-state index contributed by atoms with van der Waals surface area (Å²) in [5.41, 5.74) is 4.06. The van der Waals surface area contributed by atoms with Gasteiger partial charge in [0.25, 0.3) is 5.91 Å². The number of nitrogens with zero attached hydrogens (tertiary/aromatic N) is 2. The third-order valence-corrected chi connectivity index (χ3v) is 5.70. The molecule has 4 amide bonds. The molecule has 2 bridgehead atoms.